The van der Waals surface area contributed by atoms with Crippen molar-refractivity contribution >= 4 is 11.9 Å². The molecule has 13 heavy (non-hydrogen) atoms. The van der Waals surface area contributed by atoms with Gasteiger partial charge in [-0.2, -0.15) is 0 Å². The molecule has 0 aliphatic carbocycles. The van der Waals surface area contributed by atoms with Crippen molar-refractivity contribution in [3.8, 4) is 0 Å². The molecule has 0 amide bonds. The summed E-state index contributed by atoms with van der Waals surface area (Å²) in [6, 6.07) is 1.44. The standard InChI is InChI=1S/C8H12N2O3/c1-4(2)7(8(11)12)5-3-6(9)13-10-5/h3-4,7H,9H2,1-2H3,(H,11,12). The third-order valence-corrected chi connectivity index (χ3v) is 1.80. The Kier molecular flexibility index (Phi) is 2.55. The third-order valence-electron chi connectivity index (χ3n) is 1.80. The second-order valence-electron chi connectivity index (χ2n) is 3.21. The molecular weight excluding hydrogens is 172 g/mol. The lowest BCUT2D eigenvalue weighted by Crippen LogP contribution is -2.17. The predicted octanol–water partition coefficient (Wildman–Crippen LogP) is 1.08. The molecule has 0 aromatic carbocycles. The zero-order valence-electron chi connectivity index (χ0n) is 7.52. The van der Waals surface area contributed by atoms with Crippen LogP contribution < -0.4 is 5.73 Å². The van der Waals surface area contributed by atoms with E-state index >= 15 is 0 Å². The number of hydrogen-bond donors (Lipinski definition) is 2. The highest BCUT2D eigenvalue weighted by Crippen LogP contribution is 2.24. The Labute approximate surface area is 75.5 Å². The molecule has 5 heteroatoms. The first-order valence-electron chi connectivity index (χ1n) is 3.97. The van der Waals surface area contributed by atoms with Gasteiger partial charge in [-0.05, 0) is 5.92 Å². The molecule has 0 saturated heterocycles. The highest BCUT2D eigenvalue weighted by molar-refractivity contribution is 5.75. The summed E-state index contributed by atoms with van der Waals surface area (Å²) in [5.41, 5.74) is 5.67. The normalized spacial score (nSPS) is 13.2. The van der Waals surface area contributed by atoms with Crippen molar-refractivity contribution in [1.82, 2.24) is 5.16 Å². The van der Waals surface area contributed by atoms with Crippen LogP contribution in [0.2, 0.25) is 0 Å². The van der Waals surface area contributed by atoms with Gasteiger partial charge in [-0.3, -0.25) is 4.79 Å². The van der Waals surface area contributed by atoms with Crippen molar-refractivity contribution in [2.75, 3.05) is 5.73 Å². The topological polar surface area (TPSA) is 89.3 Å². The number of hydrogen-bond acceptors (Lipinski definition) is 4. The van der Waals surface area contributed by atoms with Crippen LogP contribution in [0, 0.1) is 5.92 Å². The van der Waals surface area contributed by atoms with Crippen molar-refractivity contribution in [1.29, 1.82) is 0 Å². The molecule has 0 fully saturated rings. The fraction of sp³-hybridized carbons (Fsp3) is 0.500. The van der Waals surface area contributed by atoms with E-state index in [9.17, 15) is 4.79 Å². The summed E-state index contributed by atoms with van der Waals surface area (Å²) in [5, 5.41) is 12.5. The predicted molar refractivity (Wildman–Crippen MR) is 46.1 cm³/mol. The summed E-state index contributed by atoms with van der Waals surface area (Å²) in [4.78, 5) is 10.8. The Morgan fingerprint density at radius 2 is 2.31 bits per heavy atom. The quantitative estimate of drug-likeness (QED) is 0.733. The maximum Gasteiger partial charge on any atom is 0.312 e. The van der Waals surface area contributed by atoms with Crippen LogP contribution in [0.5, 0.6) is 0 Å². The van der Waals surface area contributed by atoms with Crippen LogP contribution in [0.4, 0.5) is 5.88 Å². The van der Waals surface area contributed by atoms with Gasteiger partial charge in [0.05, 0.1) is 0 Å². The van der Waals surface area contributed by atoms with Gasteiger partial charge in [-0.15, -0.1) is 0 Å². The summed E-state index contributed by atoms with van der Waals surface area (Å²) in [5.74, 6) is -1.46. The second-order valence-corrected chi connectivity index (χ2v) is 3.21. The van der Waals surface area contributed by atoms with E-state index in [-0.39, 0.29) is 11.8 Å². The summed E-state index contributed by atoms with van der Waals surface area (Å²) < 4.78 is 4.61. The van der Waals surface area contributed by atoms with E-state index in [0.29, 0.717) is 5.69 Å². The van der Waals surface area contributed by atoms with Crippen molar-refractivity contribution in [2.45, 2.75) is 19.8 Å². The molecule has 1 aromatic rings. The first-order chi connectivity index (χ1) is 6.02. The molecule has 1 unspecified atom stereocenters. The molecule has 5 nitrogen and oxygen atoms in total. The summed E-state index contributed by atoms with van der Waals surface area (Å²) in [7, 11) is 0. The molecule has 0 saturated carbocycles. The van der Waals surface area contributed by atoms with E-state index in [4.69, 9.17) is 10.8 Å². The number of nitrogen functional groups attached to an aromatic ring is 1. The zero-order valence-corrected chi connectivity index (χ0v) is 7.52. The van der Waals surface area contributed by atoms with Gasteiger partial charge in [0.1, 0.15) is 11.6 Å². The number of aromatic nitrogens is 1. The molecule has 3 N–H and O–H groups in total. The van der Waals surface area contributed by atoms with Crippen LogP contribution in [0.1, 0.15) is 25.5 Å². The number of carboxylic acid groups (broad SMARTS) is 1. The van der Waals surface area contributed by atoms with Crippen molar-refractivity contribution in [2.24, 2.45) is 5.92 Å². The van der Waals surface area contributed by atoms with Gasteiger partial charge in [0.25, 0.3) is 0 Å². The van der Waals surface area contributed by atoms with E-state index in [1.165, 1.54) is 6.07 Å². The van der Waals surface area contributed by atoms with E-state index in [1.807, 2.05) is 13.8 Å². The van der Waals surface area contributed by atoms with E-state index in [1.54, 1.807) is 0 Å². The number of rotatable bonds is 3. The fourth-order valence-corrected chi connectivity index (χ4v) is 1.20. The van der Waals surface area contributed by atoms with Gasteiger partial charge in [0, 0.05) is 6.07 Å². The Hall–Kier alpha value is -1.52. The van der Waals surface area contributed by atoms with Crippen molar-refractivity contribution in [3.63, 3.8) is 0 Å². The minimum atomic E-state index is -0.914. The molecule has 0 aliphatic rings. The highest BCUT2D eigenvalue weighted by Gasteiger charge is 2.26. The average Bonchev–Trinajstić information content (AvgIpc) is 2.34. The molecule has 1 aromatic heterocycles. The van der Waals surface area contributed by atoms with Gasteiger partial charge < -0.3 is 15.4 Å². The lowest BCUT2D eigenvalue weighted by molar-refractivity contribution is -0.140. The average molecular weight is 184 g/mol. The van der Waals surface area contributed by atoms with Crippen molar-refractivity contribution < 1.29 is 14.4 Å². The fourth-order valence-electron chi connectivity index (χ4n) is 1.20. The number of carbonyl (C=O) groups is 1. The molecule has 1 heterocycles. The number of nitrogens with two attached hydrogens (primary N) is 1. The Balaban J connectivity index is 2.95. The van der Waals surface area contributed by atoms with Gasteiger partial charge in [0.15, 0.2) is 0 Å². The molecular formula is C8H12N2O3. The number of nitrogens with zero attached hydrogens (tertiary/aromatic N) is 1. The first-order valence-corrected chi connectivity index (χ1v) is 3.97. The van der Waals surface area contributed by atoms with Gasteiger partial charge >= 0.3 is 5.97 Å². The molecule has 0 spiro atoms. The lowest BCUT2D eigenvalue weighted by Gasteiger charge is -2.11. The van der Waals surface area contributed by atoms with Crippen LogP contribution in [0.15, 0.2) is 10.6 Å². The Morgan fingerprint density at radius 1 is 1.69 bits per heavy atom. The van der Waals surface area contributed by atoms with E-state index < -0.39 is 11.9 Å². The SMILES string of the molecule is CC(C)C(C(=O)O)c1cc(N)on1. The molecule has 0 bridgehead atoms. The largest absolute Gasteiger partial charge is 0.481 e. The minimum Gasteiger partial charge on any atom is -0.481 e. The van der Waals surface area contributed by atoms with Gasteiger partial charge in [0.2, 0.25) is 5.88 Å². The second kappa shape index (κ2) is 3.47. The summed E-state index contributed by atoms with van der Waals surface area (Å²) in [6.07, 6.45) is 0. The van der Waals surface area contributed by atoms with Gasteiger partial charge in [-0.25, -0.2) is 0 Å². The van der Waals surface area contributed by atoms with E-state index in [2.05, 4.69) is 9.68 Å². The summed E-state index contributed by atoms with van der Waals surface area (Å²) in [6.45, 7) is 3.62. The van der Waals surface area contributed by atoms with Crippen LogP contribution in [-0.4, -0.2) is 16.2 Å². The molecule has 1 atom stereocenters. The van der Waals surface area contributed by atoms with Crippen LogP contribution in [0.25, 0.3) is 0 Å². The summed E-state index contributed by atoms with van der Waals surface area (Å²) >= 11 is 0. The maximum absolute atomic E-state index is 10.8. The van der Waals surface area contributed by atoms with Crippen LogP contribution >= 0.6 is 0 Å². The Bertz CT molecular complexity index is 306. The third kappa shape index (κ3) is 1.99. The monoisotopic (exact) mass is 184 g/mol. The lowest BCUT2D eigenvalue weighted by atomic mass is 9.93. The van der Waals surface area contributed by atoms with Crippen LogP contribution in [0.3, 0.4) is 0 Å². The number of aliphatic carboxylic acids is 1. The van der Waals surface area contributed by atoms with Crippen LogP contribution in [-0.2, 0) is 4.79 Å². The van der Waals surface area contributed by atoms with Gasteiger partial charge in [-0.1, -0.05) is 19.0 Å². The minimum absolute atomic E-state index is 0.0398. The maximum atomic E-state index is 10.8. The number of carboxylic acids is 1. The van der Waals surface area contributed by atoms with Crippen molar-refractivity contribution in [3.05, 3.63) is 11.8 Å². The van der Waals surface area contributed by atoms with E-state index in [0.717, 1.165) is 0 Å². The molecule has 0 radical (unpaired) electrons. The molecule has 0 aliphatic heterocycles. The smallest absolute Gasteiger partial charge is 0.312 e. The Morgan fingerprint density at radius 3 is 2.62 bits per heavy atom. The molecule has 72 valence electrons. The first kappa shape index (κ1) is 9.57. The highest BCUT2D eigenvalue weighted by atomic mass is 16.5. The molecule has 1 rings (SSSR count). The zero-order chi connectivity index (χ0) is 10.0. The number of anilines is 1.